The van der Waals surface area contributed by atoms with Crippen molar-refractivity contribution < 1.29 is 48.3 Å². The van der Waals surface area contributed by atoms with Crippen LogP contribution in [-0.4, -0.2) is 70.7 Å². The van der Waals surface area contributed by atoms with Crippen molar-refractivity contribution in [3.8, 4) is 0 Å². The van der Waals surface area contributed by atoms with Crippen molar-refractivity contribution in [2.45, 2.75) is 151 Å². The van der Waals surface area contributed by atoms with E-state index < -0.39 is 77.2 Å². The molecular formula is C36H58O10. The zero-order chi connectivity index (χ0) is 34.7. The van der Waals surface area contributed by atoms with Crippen molar-refractivity contribution in [2.75, 3.05) is 0 Å². The summed E-state index contributed by atoms with van der Waals surface area (Å²) >= 11 is 0. The van der Waals surface area contributed by atoms with Crippen LogP contribution in [0.1, 0.15) is 114 Å². The Bertz CT molecular complexity index is 1150. The topological polar surface area (TPSA) is 146 Å². The van der Waals surface area contributed by atoms with Crippen LogP contribution >= 0.6 is 0 Å². The monoisotopic (exact) mass is 650 g/mol. The van der Waals surface area contributed by atoms with Crippen molar-refractivity contribution >= 4 is 23.9 Å². The van der Waals surface area contributed by atoms with Gasteiger partial charge in [-0.05, 0) is 55.4 Å². The first kappa shape index (κ1) is 38.0. The molecule has 0 saturated heterocycles. The molecule has 0 unspecified atom stereocenters. The second kappa shape index (κ2) is 15.2. The van der Waals surface area contributed by atoms with E-state index in [0.29, 0.717) is 18.4 Å². The second-order valence-electron chi connectivity index (χ2n) is 15.1. The van der Waals surface area contributed by atoms with Gasteiger partial charge in [0.1, 0.15) is 30.5 Å². The number of rotatable bonds is 12. The molecule has 262 valence electrons. The standard InChI is InChI=1S/C36H58O10/c1-11-13-15-26(39)45-31-28(20(5)6)29-23-17-21(7)30(41)32(43-22(8)37)34(46-25(38)14-12-2)35(23,9)18-24(36(29,10)33(31)42)44-27(40)16-19(3)4/h17,19-20,23-24,28-34,41-42H,11-16,18H2,1-10H3/t23-,24+,28-,29+,30+,31-,32+,33+,34-,35-,36+/m1/s1. The van der Waals surface area contributed by atoms with Gasteiger partial charge in [-0.15, -0.1) is 0 Å². The molecule has 3 rings (SSSR count). The average Bonchev–Trinajstić information content (AvgIpc) is 3.14. The molecule has 0 spiro atoms. The SMILES string of the molecule is CCCCC(=O)O[C@@H]1[C@H](C(C)C)[C@@H]2[C@H]3C=C(C)[C@H](O)[C@H](OC(C)=O)[C@@H](OC(=O)CCC)[C@]3(C)C[C@H](OC(=O)CC(C)C)[C@]2(C)[C@H]1O. The summed E-state index contributed by atoms with van der Waals surface area (Å²) in [7, 11) is 0. The lowest BCUT2D eigenvalue weighted by atomic mass is 9.49. The minimum absolute atomic E-state index is 0.0296. The molecule has 2 fully saturated rings. The Kier molecular flexibility index (Phi) is 12.5. The summed E-state index contributed by atoms with van der Waals surface area (Å²) in [6.45, 7) is 18.5. The molecule has 2 saturated carbocycles. The maximum absolute atomic E-state index is 13.3. The van der Waals surface area contributed by atoms with E-state index in [2.05, 4.69) is 0 Å². The minimum Gasteiger partial charge on any atom is -0.462 e. The van der Waals surface area contributed by atoms with Crippen molar-refractivity contribution in [1.82, 2.24) is 0 Å². The number of fused-ring (bicyclic) bond motifs is 3. The summed E-state index contributed by atoms with van der Waals surface area (Å²) in [6.07, 6.45) is -1.86. The van der Waals surface area contributed by atoms with Crippen LogP contribution in [0.5, 0.6) is 0 Å². The number of carbonyl (C=O) groups is 4. The molecule has 10 heteroatoms. The van der Waals surface area contributed by atoms with Gasteiger partial charge in [-0.25, -0.2) is 0 Å². The summed E-state index contributed by atoms with van der Waals surface area (Å²) in [5, 5.41) is 23.8. The van der Waals surface area contributed by atoms with Crippen molar-refractivity contribution in [1.29, 1.82) is 0 Å². The summed E-state index contributed by atoms with van der Waals surface area (Å²) in [5.41, 5.74) is -1.56. The van der Waals surface area contributed by atoms with Crippen LogP contribution in [0.4, 0.5) is 0 Å². The van der Waals surface area contributed by atoms with Crippen LogP contribution < -0.4 is 0 Å². The molecule has 2 N–H and O–H groups in total. The van der Waals surface area contributed by atoms with E-state index in [1.54, 1.807) is 6.92 Å². The number of allylic oxidation sites excluding steroid dienone is 1. The Morgan fingerprint density at radius 3 is 2.07 bits per heavy atom. The van der Waals surface area contributed by atoms with Crippen LogP contribution in [0.2, 0.25) is 0 Å². The number of carbonyl (C=O) groups excluding carboxylic acids is 4. The van der Waals surface area contributed by atoms with Crippen molar-refractivity contribution in [3.63, 3.8) is 0 Å². The van der Waals surface area contributed by atoms with E-state index in [9.17, 15) is 29.4 Å². The van der Waals surface area contributed by atoms with Gasteiger partial charge in [0.15, 0.2) is 6.10 Å². The van der Waals surface area contributed by atoms with Crippen LogP contribution in [0, 0.1) is 40.4 Å². The Balaban J connectivity index is 2.30. The summed E-state index contributed by atoms with van der Waals surface area (Å²) in [4.78, 5) is 52.0. The Hall–Kier alpha value is -2.46. The molecule has 0 aliphatic heterocycles. The van der Waals surface area contributed by atoms with Gasteiger partial charge in [0, 0.05) is 42.9 Å². The molecular weight excluding hydrogens is 592 g/mol. The third-order valence-electron chi connectivity index (χ3n) is 10.7. The quantitative estimate of drug-likeness (QED) is 0.162. The predicted molar refractivity (Wildman–Crippen MR) is 171 cm³/mol. The van der Waals surface area contributed by atoms with Crippen molar-refractivity contribution in [2.24, 2.45) is 40.4 Å². The van der Waals surface area contributed by atoms with E-state index in [4.69, 9.17) is 18.9 Å². The van der Waals surface area contributed by atoms with E-state index >= 15 is 0 Å². The number of hydrogen-bond acceptors (Lipinski definition) is 10. The van der Waals surface area contributed by atoms with E-state index in [0.717, 1.165) is 6.42 Å². The fourth-order valence-corrected chi connectivity index (χ4v) is 8.46. The molecule has 0 heterocycles. The van der Waals surface area contributed by atoms with Gasteiger partial charge in [-0.3, -0.25) is 19.2 Å². The van der Waals surface area contributed by atoms with E-state index in [-0.39, 0.29) is 49.4 Å². The van der Waals surface area contributed by atoms with E-state index in [1.165, 1.54) is 6.92 Å². The van der Waals surface area contributed by atoms with Gasteiger partial charge >= 0.3 is 23.9 Å². The number of hydrogen-bond donors (Lipinski definition) is 2. The van der Waals surface area contributed by atoms with Crippen LogP contribution in [0.15, 0.2) is 11.6 Å². The molecule has 11 atom stereocenters. The largest absolute Gasteiger partial charge is 0.462 e. The fourth-order valence-electron chi connectivity index (χ4n) is 8.46. The highest BCUT2D eigenvalue weighted by Crippen LogP contribution is 2.67. The number of aliphatic hydroxyl groups excluding tert-OH is 2. The van der Waals surface area contributed by atoms with Gasteiger partial charge in [-0.2, -0.15) is 0 Å². The molecule has 0 aromatic rings. The summed E-state index contributed by atoms with van der Waals surface area (Å²) in [5.74, 6) is -3.25. The summed E-state index contributed by atoms with van der Waals surface area (Å²) in [6, 6.07) is 0. The van der Waals surface area contributed by atoms with Gasteiger partial charge in [0.25, 0.3) is 0 Å². The molecule has 0 radical (unpaired) electrons. The Labute approximate surface area is 274 Å². The highest BCUT2D eigenvalue weighted by Gasteiger charge is 2.72. The Morgan fingerprint density at radius 2 is 1.52 bits per heavy atom. The van der Waals surface area contributed by atoms with E-state index in [1.807, 2.05) is 61.5 Å². The van der Waals surface area contributed by atoms with Crippen LogP contribution in [0.3, 0.4) is 0 Å². The lowest BCUT2D eigenvalue weighted by Crippen LogP contribution is -2.63. The second-order valence-corrected chi connectivity index (χ2v) is 15.1. The van der Waals surface area contributed by atoms with Crippen molar-refractivity contribution in [3.05, 3.63) is 11.6 Å². The third-order valence-corrected chi connectivity index (χ3v) is 10.7. The lowest BCUT2D eigenvalue weighted by molar-refractivity contribution is -0.223. The minimum atomic E-state index is -1.27. The zero-order valence-electron chi connectivity index (χ0n) is 29.5. The lowest BCUT2D eigenvalue weighted by Gasteiger charge is -2.58. The average molecular weight is 651 g/mol. The first-order valence-corrected chi connectivity index (χ1v) is 17.2. The molecule has 0 amide bonds. The van der Waals surface area contributed by atoms with Gasteiger partial charge in [-0.1, -0.05) is 67.9 Å². The first-order chi connectivity index (χ1) is 21.4. The molecule has 0 bridgehead atoms. The molecule has 3 aliphatic carbocycles. The molecule has 0 aromatic carbocycles. The summed E-state index contributed by atoms with van der Waals surface area (Å²) < 4.78 is 24.3. The van der Waals surface area contributed by atoms with Crippen LogP contribution in [-0.2, 0) is 38.1 Å². The van der Waals surface area contributed by atoms with Gasteiger partial charge < -0.3 is 29.2 Å². The van der Waals surface area contributed by atoms with Gasteiger partial charge in [0.05, 0.1) is 0 Å². The Morgan fingerprint density at radius 1 is 0.891 bits per heavy atom. The normalized spacial score (nSPS) is 37.1. The highest BCUT2D eigenvalue weighted by atomic mass is 16.6. The zero-order valence-corrected chi connectivity index (χ0v) is 29.5. The number of unbranched alkanes of at least 4 members (excludes halogenated alkanes) is 1. The molecule has 0 aromatic heterocycles. The fraction of sp³-hybridized carbons (Fsp3) is 0.833. The number of ether oxygens (including phenoxy) is 4. The van der Waals surface area contributed by atoms with Gasteiger partial charge in [0.2, 0.25) is 0 Å². The first-order valence-electron chi connectivity index (χ1n) is 17.2. The molecule has 10 nitrogen and oxygen atoms in total. The highest BCUT2D eigenvalue weighted by molar-refractivity contribution is 5.71. The maximum Gasteiger partial charge on any atom is 0.306 e. The predicted octanol–water partition coefficient (Wildman–Crippen LogP) is 5.31. The smallest absolute Gasteiger partial charge is 0.306 e. The molecule has 3 aliphatic rings. The van der Waals surface area contributed by atoms with Crippen LogP contribution in [0.25, 0.3) is 0 Å². The number of esters is 4. The third kappa shape index (κ3) is 7.48. The maximum atomic E-state index is 13.3. The number of aliphatic hydroxyl groups is 2. The molecule has 46 heavy (non-hydrogen) atoms.